The Morgan fingerprint density at radius 3 is 2.12 bits per heavy atom. The predicted octanol–water partition coefficient (Wildman–Crippen LogP) is 2.99. The standard InChI is InChI=1S/C23H33ClN2O6S2/c1-17-9-11-21(12-10-17)33(28,29)25(4)15-23(32-5)18(2)14-26(19(3)16-27)34(30,31)22-8-6-7-20(24)13-22/h6-13,18-19,23,27H,14-16H2,1-5H3/t18-,19-,23-/m1/s1. The van der Waals surface area contributed by atoms with E-state index in [2.05, 4.69) is 0 Å². The number of hydrogen-bond donors (Lipinski definition) is 1. The Kier molecular flexibility index (Phi) is 10.1. The minimum absolute atomic E-state index is 0.00744. The maximum Gasteiger partial charge on any atom is 0.243 e. The van der Waals surface area contributed by atoms with Crippen LogP contribution in [0.5, 0.6) is 0 Å². The van der Waals surface area contributed by atoms with Crippen LogP contribution in [0.1, 0.15) is 19.4 Å². The summed E-state index contributed by atoms with van der Waals surface area (Å²) in [7, 11) is -4.81. The maximum absolute atomic E-state index is 13.3. The van der Waals surface area contributed by atoms with Gasteiger partial charge in [0.2, 0.25) is 20.0 Å². The third kappa shape index (κ3) is 6.78. The van der Waals surface area contributed by atoms with Crippen LogP contribution < -0.4 is 0 Å². The number of aliphatic hydroxyl groups excluding tert-OH is 1. The highest BCUT2D eigenvalue weighted by atomic mass is 35.5. The van der Waals surface area contributed by atoms with E-state index in [1.807, 2.05) is 6.92 Å². The number of hydrogen-bond acceptors (Lipinski definition) is 6. The van der Waals surface area contributed by atoms with Gasteiger partial charge in [0, 0.05) is 38.3 Å². The van der Waals surface area contributed by atoms with Gasteiger partial charge in [-0.2, -0.15) is 8.61 Å². The van der Waals surface area contributed by atoms with Crippen LogP contribution in [-0.2, 0) is 24.8 Å². The van der Waals surface area contributed by atoms with Crippen molar-refractivity contribution >= 4 is 31.6 Å². The Balaban J connectivity index is 2.26. The van der Waals surface area contributed by atoms with Crippen molar-refractivity contribution in [1.82, 2.24) is 8.61 Å². The Hall–Kier alpha value is -1.53. The van der Waals surface area contributed by atoms with Crippen molar-refractivity contribution in [1.29, 1.82) is 0 Å². The minimum Gasteiger partial charge on any atom is -0.395 e. The lowest BCUT2D eigenvalue weighted by Crippen LogP contribution is -2.47. The average Bonchev–Trinajstić information content (AvgIpc) is 2.80. The van der Waals surface area contributed by atoms with Crippen LogP contribution in [0.15, 0.2) is 58.3 Å². The molecule has 11 heteroatoms. The fraction of sp³-hybridized carbons (Fsp3) is 0.478. The van der Waals surface area contributed by atoms with Crippen molar-refractivity contribution < 1.29 is 26.7 Å². The summed E-state index contributed by atoms with van der Waals surface area (Å²) in [5, 5.41) is 10.0. The lowest BCUT2D eigenvalue weighted by atomic mass is 10.0. The third-order valence-corrected chi connectivity index (χ3v) is 9.78. The lowest BCUT2D eigenvalue weighted by Gasteiger charge is -2.33. The van der Waals surface area contributed by atoms with Crippen LogP contribution in [0.2, 0.25) is 5.02 Å². The molecule has 0 radical (unpaired) electrons. The van der Waals surface area contributed by atoms with Gasteiger partial charge in [-0.15, -0.1) is 0 Å². The molecule has 1 N–H and O–H groups in total. The molecule has 0 aromatic heterocycles. The van der Waals surface area contributed by atoms with E-state index in [4.69, 9.17) is 16.3 Å². The van der Waals surface area contributed by atoms with Gasteiger partial charge in [0.15, 0.2) is 0 Å². The molecule has 8 nitrogen and oxygen atoms in total. The Morgan fingerprint density at radius 1 is 0.971 bits per heavy atom. The van der Waals surface area contributed by atoms with E-state index in [0.29, 0.717) is 0 Å². The fourth-order valence-corrected chi connectivity index (χ4v) is 6.71. The van der Waals surface area contributed by atoms with Crippen molar-refractivity contribution in [2.24, 2.45) is 5.92 Å². The number of aryl methyl sites for hydroxylation is 1. The smallest absolute Gasteiger partial charge is 0.243 e. The number of benzene rings is 2. The van der Waals surface area contributed by atoms with Gasteiger partial charge in [-0.3, -0.25) is 0 Å². The van der Waals surface area contributed by atoms with E-state index in [-0.39, 0.29) is 34.5 Å². The van der Waals surface area contributed by atoms with Gasteiger partial charge in [-0.1, -0.05) is 42.3 Å². The van der Waals surface area contributed by atoms with Crippen molar-refractivity contribution in [2.45, 2.75) is 42.7 Å². The molecule has 0 heterocycles. The molecule has 0 amide bonds. The van der Waals surface area contributed by atoms with E-state index in [1.54, 1.807) is 50.2 Å². The number of methoxy groups -OCH3 is 1. The van der Waals surface area contributed by atoms with Gasteiger partial charge in [-0.05, 0) is 50.1 Å². The van der Waals surface area contributed by atoms with Gasteiger partial charge in [0.25, 0.3) is 0 Å². The zero-order chi connectivity index (χ0) is 25.7. The van der Waals surface area contributed by atoms with Crippen molar-refractivity contribution in [3.8, 4) is 0 Å². The molecule has 0 aliphatic heterocycles. The van der Waals surface area contributed by atoms with Crippen LogP contribution in [-0.4, -0.2) is 76.6 Å². The summed E-state index contributed by atoms with van der Waals surface area (Å²) in [6, 6.07) is 11.8. The Bertz CT molecular complexity index is 1160. The fourth-order valence-electron chi connectivity index (χ4n) is 3.50. The van der Waals surface area contributed by atoms with Crippen LogP contribution in [0.4, 0.5) is 0 Å². The quantitative estimate of drug-likeness (QED) is 0.450. The van der Waals surface area contributed by atoms with Gasteiger partial charge < -0.3 is 9.84 Å². The van der Waals surface area contributed by atoms with Gasteiger partial charge in [-0.25, -0.2) is 16.8 Å². The van der Waals surface area contributed by atoms with Crippen LogP contribution >= 0.6 is 11.6 Å². The number of aliphatic hydroxyl groups is 1. The Morgan fingerprint density at radius 2 is 1.59 bits per heavy atom. The van der Waals surface area contributed by atoms with Crippen LogP contribution in [0, 0.1) is 12.8 Å². The van der Waals surface area contributed by atoms with E-state index < -0.39 is 38.1 Å². The first-order valence-electron chi connectivity index (χ1n) is 10.8. The van der Waals surface area contributed by atoms with Gasteiger partial charge >= 0.3 is 0 Å². The van der Waals surface area contributed by atoms with Crippen molar-refractivity contribution in [3.05, 3.63) is 59.1 Å². The van der Waals surface area contributed by atoms with Crippen LogP contribution in [0.25, 0.3) is 0 Å². The molecule has 0 aliphatic rings. The molecule has 2 rings (SSSR count). The number of likely N-dealkylation sites (N-methyl/N-ethyl adjacent to an activating group) is 1. The SMILES string of the molecule is CO[C@H](CN(C)S(=O)(=O)c1ccc(C)cc1)[C@H](C)CN([C@H](C)CO)S(=O)(=O)c1cccc(Cl)c1. The molecule has 0 aliphatic carbocycles. The highest BCUT2D eigenvalue weighted by Crippen LogP contribution is 2.25. The first-order valence-corrected chi connectivity index (χ1v) is 14.0. The molecule has 190 valence electrons. The van der Waals surface area contributed by atoms with Crippen molar-refractivity contribution in [3.63, 3.8) is 0 Å². The lowest BCUT2D eigenvalue weighted by molar-refractivity contribution is 0.0360. The highest BCUT2D eigenvalue weighted by molar-refractivity contribution is 7.89. The zero-order valence-electron chi connectivity index (χ0n) is 20.0. The first kappa shape index (κ1) is 28.7. The molecule has 0 unspecified atom stereocenters. The molecule has 0 saturated carbocycles. The molecule has 2 aromatic carbocycles. The molecule has 3 atom stereocenters. The Labute approximate surface area is 208 Å². The summed E-state index contributed by atoms with van der Waals surface area (Å²) in [5.41, 5.74) is 0.948. The van der Waals surface area contributed by atoms with E-state index >= 15 is 0 Å². The molecule has 0 fully saturated rings. The molecule has 2 aromatic rings. The monoisotopic (exact) mass is 532 g/mol. The molecular formula is C23H33ClN2O6S2. The average molecular weight is 533 g/mol. The van der Waals surface area contributed by atoms with E-state index in [0.717, 1.165) is 5.56 Å². The maximum atomic E-state index is 13.3. The molecular weight excluding hydrogens is 500 g/mol. The second-order valence-electron chi connectivity index (χ2n) is 8.41. The molecule has 0 saturated heterocycles. The summed E-state index contributed by atoms with van der Waals surface area (Å²) in [6.07, 6.45) is -0.604. The van der Waals surface area contributed by atoms with Crippen LogP contribution in [0.3, 0.4) is 0 Å². The van der Waals surface area contributed by atoms with E-state index in [9.17, 15) is 21.9 Å². The van der Waals surface area contributed by atoms with Gasteiger partial charge in [0.05, 0.1) is 22.5 Å². The second-order valence-corrected chi connectivity index (χ2v) is 12.8. The summed E-state index contributed by atoms with van der Waals surface area (Å²) >= 11 is 5.99. The van der Waals surface area contributed by atoms with Crippen molar-refractivity contribution in [2.75, 3.05) is 33.9 Å². The number of ether oxygens (including phenoxy) is 1. The van der Waals surface area contributed by atoms with Gasteiger partial charge in [0.1, 0.15) is 0 Å². The number of halogens is 1. The normalized spacial score (nSPS) is 15.4. The third-order valence-electron chi connectivity index (χ3n) is 5.73. The number of rotatable bonds is 12. The molecule has 0 spiro atoms. The topological polar surface area (TPSA) is 104 Å². The summed E-state index contributed by atoms with van der Waals surface area (Å²) in [5.74, 6) is -0.399. The predicted molar refractivity (Wildman–Crippen MR) is 133 cm³/mol. The summed E-state index contributed by atoms with van der Waals surface area (Å²) < 4.78 is 60.6. The summed E-state index contributed by atoms with van der Waals surface area (Å²) in [4.78, 5) is 0.183. The van der Waals surface area contributed by atoms with E-state index in [1.165, 1.54) is 34.9 Å². The second kappa shape index (κ2) is 11.9. The highest BCUT2D eigenvalue weighted by Gasteiger charge is 2.34. The molecule has 34 heavy (non-hydrogen) atoms. The number of sulfonamides is 2. The number of nitrogens with zero attached hydrogens (tertiary/aromatic N) is 2. The first-order chi connectivity index (χ1) is 15.8. The largest absolute Gasteiger partial charge is 0.395 e. The zero-order valence-corrected chi connectivity index (χ0v) is 22.4. The minimum atomic E-state index is -3.97. The molecule has 0 bridgehead atoms. The summed E-state index contributed by atoms with van der Waals surface area (Å²) in [6.45, 7) is 4.90.